The highest BCUT2D eigenvalue weighted by molar-refractivity contribution is 7.89. The van der Waals surface area contributed by atoms with Gasteiger partial charge < -0.3 is 15.4 Å². The number of hydrogen-bond acceptors (Lipinski definition) is 5. The molecule has 118 valence electrons. The van der Waals surface area contributed by atoms with Crippen molar-refractivity contribution < 1.29 is 13.2 Å². The Morgan fingerprint density at radius 1 is 1.48 bits per heavy atom. The topological polar surface area (TPSA) is 84.7 Å². The largest absolute Gasteiger partial charge is 0.399 e. The second kappa shape index (κ2) is 6.64. The Labute approximate surface area is 126 Å². The summed E-state index contributed by atoms with van der Waals surface area (Å²) < 4.78 is 32.1. The molecule has 21 heavy (non-hydrogen) atoms. The number of nitrogens with two attached hydrogens (primary N) is 1. The number of nitrogen functional groups attached to an aromatic ring is 1. The summed E-state index contributed by atoms with van der Waals surface area (Å²) in [7, 11) is -0.242. The summed E-state index contributed by atoms with van der Waals surface area (Å²) in [6, 6.07) is 4.97. The first-order valence-corrected chi connectivity index (χ1v) is 8.54. The van der Waals surface area contributed by atoms with E-state index in [4.69, 9.17) is 10.5 Å². The van der Waals surface area contributed by atoms with Gasteiger partial charge in [-0.3, -0.25) is 0 Å². The molecule has 0 saturated carbocycles. The summed E-state index contributed by atoms with van der Waals surface area (Å²) in [4.78, 5) is 2.17. The van der Waals surface area contributed by atoms with Crippen molar-refractivity contribution in [3.05, 3.63) is 18.2 Å². The minimum Gasteiger partial charge on any atom is -0.399 e. The molecule has 7 heteroatoms. The summed E-state index contributed by atoms with van der Waals surface area (Å²) >= 11 is 0. The lowest BCUT2D eigenvalue weighted by atomic mass is 10.0. The summed E-state index contributed by atoms with van der Waals surface area (Å²) in [5.74, 6) is 0.423. The molecular weight excluding hydrogens is 290 g/mol. The monoisotopic (exact) mass is 313 g/mol. The zero-order valence-corrected chi connectivity index (χ0v) is 13.3. The Morgan fingerprint density at radius 2 is 2.24 bits per heavy atom. The third-order valence-corrected chi connectivity index (χ3v) is 5.18. The van der Waals surface area contributed by atoms with E-state index in [1.165, 1.54) is 13.1 Å². The fourth-order valence-electron chi connectivity index (χ4n) is 2.61. The van der Waals surface area contributed by atoms with E-state index in [9.17, 15) is 8.42 Å². The lowest BCUT2D eigenvalue weighted by molar-refractivity contribution is 0.0576. The van der Waals surface area contributed by atoms with Crippen molar-refractivity contribution >= 4 is 21.4 Å². The zero-order valence-electron chi connectivity index (χ0n) is 12.5. The van der Waals surface area contributed by atoms with Crippen molar-refractivity contribution in [2.24, 2.45) is 5.92 Å². The van der Waals surface area contributed by atoms with Crippen LogP contribution in [0.5, 0.6) is 0 Å². The first-order valence-electron chi connectivity index (χ1n) is 7.06. The first kappa shape index (κ1) is 16.1. The molecule has 1 heterocycles. The smallest absolute Gasteiger partial charge is 0.242 e. The Bertz CT molecular complexity index is 583. The SMILES string of the molecule is CNS(=O)(=O)c1cc(N)ccc1N(C)CC1CCCOC1. The molecule has 6 nitrogen and oxygen atoms in total. The van der Waals surface area contributed by atoms with Crippen molar-refractivity contribution in [1.29, 1.82) is 0 Å². The average Bonchev–Trinajstić information content (AvgIpc) is 2.48. The lowest BCUT2D eigenvalue weighted by Gasteiger charge is -2.29. The zero-order chi connectivity index (χ0) is 15.5. The fourth-order valence-corrected chi connectivity index (χ4v) is 3.62. The minimum absolute atomic E-state index is 0.212. The van der Waals surface area contributed by atoms with Gasteiger partial charge in [-0.05, 0) is 44.0 Å². The molecule has 0 amide bonds. The van der Waals surface area contributed by atoms with Gasteiger partial charge in [-0.1, -0.05) is 0 Å². The lowest BCUT2D eigenvalue weighted by Crippen LogP contribution is -2.32. The number of ether oxygens (including phenoxy) is 1. The Balaban J connectivity index is 2.25. The van der Waals surface area contributed by atoms with Crippen LogP contribution in [0.2, 0.25) is 0 Å². The maximum atomic E-state index is 12.2. The fraction of sp³-hybridized carbons (Fsp3) is 0.571. The van der Waals surface area contributed by atoms with Crippen LogP contribution in [0.1, 0.15) is 12.8 Å². The van der Waals surface area contributed by atoms with Gasteiger partial charge in [0.25, 0.3) is 0 Å². The second-order valence-electron chi connectivity index (χ2n) is 5.40. The molecule has 0 bridgehead atoms. The summed E-state index contributed by atoms with van der Waals surface area (Å²) in [5.41, 5.74) is 6.82. The highest BCUT2D eigenvalue weighted by Gasteiger charge is 2.22. The first-order chi connectivity index (χ1) is 9.94. The molecule has 2 rings (SSSR count). The molecule has 0 spiro atoms. The Hall–Kier alpha value is -1.31. The van der Waals surface area contributed by atoms with Crippen LogP contribution in [-0.4, -0.2) is 42.3 Å². The van der Waals surface area contributed by atoms with Gasteiger partial charge in [-0.2, -0.15) is 0 Å². The van der Waals surface area contributed by atoms with Gasteiger partial charge in [-0.15, -0.1) is 0 Å². The second-order valence-corrected chi connectivity index (χ2v) is 7.25. The molecule has 1 fully saturated rings. The van der Waals surface area contributed by atoms with Crippen LogP contribution >= 0.6 is 0 Å². The maximum Gasteiger partial charge on any atom is 0.242 e. The summed E-state index contributed by atoms with van der Waals surface area (Å²) in [6.45, 7) is 2.31. The van der Waals surface area contributed by atoms with Crippen LogP contribution < -0.4 is 15.4 Å². The molecule has 1 unspecified atom stereocenters. The summed E-state index contributed by atoms with van der Waals surface area (Å²) in [6.07, 6.45) is 2.16. The highest BCUT2D eigenvalue weighted by Crippen LogP contribution is 2.28. The van der Waals surface area contributed by atoms with Crippen molar-refractivity contribution in [1.82, 2.24) is 4.72 Å². The maximum absolute atomic E-state index is 12.2. The molecule has 1 aromatic rings. The van der Waals surface area contributed by atoms with Crippen molar-refractivity contribution in [2.45, 2.75) is 17.7 Å². The van der Waals surface area contributed by atoms with Crippen LogP contribution in [-0.2, 0) is 14.8 Å². The molecule has 0 radical (unpaired) electrons. The van der Waals surface area contributed by atoms with Crippen LogP contribution in [0, 0.1) is 5.92 Å². The Kier molecular flexibility index (Phi) is 5.08. The normalized spacial score (nSPS) is 19.4. The van der Waals surface area contributed by atoms with E-state index in [1.54, 1.807) is 12.1 Å². The van der Waals surface area contributed by atoms with Gasteiger partial charge in [0.1, 0.15) is 4.90 Å². The molecule has 1 atom stereocenters. The number of benzene rings is 1. The van der Waals surface area contributed by atoms with Crippen LogP contribution in [0.25, 0.3) is 0 Å². The van der Waals surface area contributed by atoms with E-state index < -0.39 is 10.0 Å². The van der Waals surface area contributed by atoms with Gasteiger partial charge in [-0.25, -0.2) is 13.1 Å². The number of sulfonamides is 1. The van der Waals surface area contributed by atoms with E-state index >= 15 is 0 Å². The van der Waals surface area contributed by atoms with Crippen molar-refractivity contribution in [2.75, 3.05) is 44.5 Å². The quantitative estimate of drug-likeness (QED) is 0.794. The third kappa shape index (κ3) is 3.87. The number of anilines is 2. The molecule has 1 aliphatic rings. The molecule has 1 saturated heterocycles. The number of nitrogens with zero attached hydrogens (tertiary/aromatic N) is 1. The molecule has 3 N–H and O–H groups in total. The van der Waals surface area contributed by atoms with Crippen LogP contribution in [0.3, 0.4) is 0 Å². The van der Waals surface area contributed by atoms with Crippen LogP contribution in [0.4, 0.5) is 11.4 Å². The summed E-state index contributed by atoms with van der Waals surface area (Å²) in [5, 5.41) is 0. The number of hydrogen-bond donors (Lipinski definition) is 2. The predicted molar refractivity (Wildman–Crippen MR) is 83.9 cm³/mol. The van der Waals surface area contributed by atoms with Crippen LogP contribution in [0.15, 0.2) is 23.1 Å². The molecule has 1 aliphatic heterocycles. The van der Waals surface area contributed by atoms with Gasteiger partial charge in [0.05, 0.1) is 12.3 Å². The minimum atomic E-state index is -3.54. The standard InChI is InChI=1S/C14H23N3O3S/c1-16-21(18,19)14-8-12(15)5-6-13(14)17(2)9-11-4-3-7-20-10-11/h5-6,8,11,16H,3-4,7,9-10,15H2,1-2H3. The predicted octanol–water partition coefficient (Wildman–Crippen LogP) is 1.04. The van der Waals surface area contributed by atoms with Gasteiger partial charge >= 0.3 is 0 Å². The average molecular weight is 313 g/mol. The molecule has 0 aromatic heterocycles. The number of rotatable bonds is 5. The molecule has 0 aliphatic carbocycles. The van der Waals surface area contributed by atoms with Gasteiger partial charge in [0.15, 0.2) is 0 Å². The van der Waals surface area contributed by atoms with Crippen molar-refractivity contribution in [3.63, 3.8) is 0 Å². The Morgan fingerprint density at radius 3 is 2.86 bits per heavy atom. The van der Waals surface area contributed by atoms with E-state index in [0.29, 0.717) is 17.3 Å². The molecule has 1 aromatic carbocycles. The highest BCUT2D eigenvalue weighted by atomic mass is 32.2. The number of nitrogens with one attached hydrogen (secondary N) is 1. The van der Waals surface area contributed by atoms with E-state index in [2.05, 4.69) is 4.72 Å². The van der Waals surface area contributed by atoms with E-state index in [1.807, 2.05) is 11.9 Å². The van der Waals surface area contributed by atoms with E-state index in [0.717, 1.165) is 32.6 Å². The van der Waals surface area contributed by atoms with Gasteiger partial charge in [0, 0.05) is 25.9 Å². The van der Waals surface area contributed by atoms with Crippen molar-refractivity contribution in [3.8, 4) is 0 Å². The van der Waals surface area contributed by atoms with Gasteiger partial charge in [0.2, 0.25) is 10.0 Å². The van der Waals surface area contributed by atoms with E-state index in [-0.39, 0.29) is 4.90 Å². The third-order valence-electron chi connectivity index (χ3n) is 3.74. The molecular formula is C14H23N3O3S.